The van der Waals surface area contributed by atoms with Crippen molar-refractivity contribution in [3.8, 4) is 0 Å². The van der Waals surface area contributed by atoms with Crippen LogP contribution in [0.5, 0.6) is 0 Å². The first kappa shape index (κ1) is 14.3. The van der Waals surface area contributed by atoms with E-state index in [4.69, 9.17) is 0 Å². The zero-order chi connectivity index (χ0) is 13.7. The van der Waals surface area contributed by atoms with E-state index >= 15 is 0 Å². The molecule has 1 atom stereocenters. The molecule has 0 bridgehead atoms. The molecule has 1 unspecified atom stereocenters. The lowest BCUT2D eigenvalue weighted by atomic mass is 10.0. The highest BCUT2D eigenvalue weighted by Gasteiger charge is 2.24. The zero-order valence-corrected chi connectivity index (χ0v) is 12.5. The minimum absolute atomic E-state index is 0.513. The second-order valence-electron chi connectivity index (χ2n) is 5.91. The third kappa shape index (κ3) is 3.93. The molecule has 0 radical (unpaired) electrons. The quantitative estimate of drug-likeness (QED) is 0.852. The van der Waals surface area contributed by atoms with E-state index in [9.17, 15) is 0 Å². The summed E-state index contributed by atoms with van der Waals surface area (Å²) in [5.74, 6) is 2.05. The van der Waals surface area contributed by atoms with Crippen molar-refractivity contribution in [2.45, 2.75) is 52.6 Å². The van der Waals surface area contributed by atoms with Gasteiger partial charge in [0.25, 0.3) is 0 Å². The predicted octanol–water partition coefficient (Wildman–Crippen LogP) is 3.21. The van der Waals surface area contributed by atoms with Gasteiger partial charge in [-0.05, 0) is 24.8 Å². The van der Waals surface area contributed by atoms with E-state index in [2.05, 4.69) is 42.0 Å². The third-order valence-corrected chi connectivity index (χ3v) is 3.85. The summed E-state index contributed by atoms with van der Waals surface area (Å²) in [6.45, 7) is 9.90. The first-order valence-corrected chi connectivity index (χ1v) is 7.63. The van der Waals surface area contributed by atoms with Gasteiger partial charge in [0.2, 0.25) is 0 Å². The fraction of sp³-hybridized carbons (Fsp3) is 0.688. The van der Waals surface area contributed by atoms with Crippen LogP contribution in [0.4, 0.5) is 5.82 Å². The van der Waals surface area contributed by atoms with Crippen molar-refractivity contribution in [1.82, 2.24) is 10.3 Å². The van der Waals surface area contributed by atoms with Gasteiger partial charge >= 0.3 is 0 Å². The van der Waals surface area contributed by atoms with Crippen LogP contribution in [0.25, 0.3) is 0 Å². The molecule has 0 aromatic carbocycles. The molecule has 1 aliphatic heterocycles. The van der Waals surface area contributed by atoms with Gasteiger partial charge in [-0.2, -0.15) is 0 Å². The Hall–Kier alpha value is -1.09. The van der Waals surface area contributed by atoms with E-state index in [1.165, 1.54) is 37.2 Å². The Labute approximate surface area is 117 Å². The number of aromatic nitrogens is 1. The lowest BCUT2D eigenvalue weighted by Gasteiger charge is -2.21. The van der Waals surface area contributed by atoms with Crippen molar-refractivity contribution >= 4 is 5.82 Å². The van der Waals surface area contributed by atoms with Crippen LogP contribution in [0, 0.1) is 5.92 Å². The summed E-state index contributed by atoms with van der Waals surface area (Å²) >= 11 is 0. The van der Waals surface area contributed by atoms with Gasteiger partial charge in [-0.15, -0.1) is 0 Å². The normalized spacial score (nSPS) is 19.4. The number of rotatable bonds is 6. The Morgan fingerprint density at radius 2 is 2.32 bits per heavy atom. The molecule has 0 saturated carbocycles. The van der Waals surface area contributed by atoms with Crippen LogP contribution < -0.4 is 10.2 Å². The van der Waals surface area contributed by atoms with Gasteiger partial charge in [0.15, 0.2) is 0 Å². The van der Waals surface area contributed by atoms with Gasteiger partial charge in [0.1, 0.15) is 5.82 Å². The highest BCUT2D eigenvalue weighted by Crippen LogP contribution is 2.27. The minimum atomic E-state index is 0.513. The highest BCUT2D eigenvalue weighted by atomic mass is 15.2. The fourth-order valence-electron chi connectivity index (χ4n) is 2.84. The number of hydrogen-bond donors (Lipinski definition) is 1. The Morgan fingerprint density at radius 3 is 3.05 bits per heavy atom. The molecule has 19 heavy (non-hydrogen) atoms. The van der Waals surface area contributed by atoms with Gasteiger partial charge in [0, 0.05) is 37.4 Å². The smallest absolute Gasteiger partial charge is 0.133 e. The average molecular weight is 261 g/mol. The molecule has 1 N–H and O–H groups in total. The van der Waals surface area contributed by atoms with Gasteiger partial charge in [-0.25, -0.2) is 4.98 Å². The monoisotopic (exact) mass is 261 g/mol. The average Bonchev–Trinajstić information content (AvgIpc) is 2.85. The van der Waals surface area contributed by atoms with Gasteiger partial charge < -0.3 is 10.2 Å². The van der Waals surface area contributed by atoms with E-state index in [1.807, 2.05) is 12.3 Å². The molecule has 3 heteroatoms. The lowest BCUT2D eigenvalue weighted by molar-refractivity contribution is 0.529. The van der Waals surface area contributed by atoms with Crippen LogP contribution in [-0.2, 0) is 6.54 Å². The maximum Gasteiger partial charge on any atom is 0.133 e. The van der Waals surface area contributed by atoms with Crippen molar-refractivity contribution in [1.29, 1.82) is 0 Å². The van der Waals surface area contributed by atoms with Crippen molar-refractivity contribution in [3.63, 3.8) is 0 Å². The minimum Gasteiger partial charge on any atom is -0.356 e. The van der Waals surface area contributed by atoms with Crippen molar-refractivity contribution in [3.05, 3.63) is 23.9 Å². The molecule has 3 nitrogen and oxygen atoms in total. The van der Waals surface area contributed by atoms with Crippen molar-refractivity contribution in [2.75, 3.05) is 18.0 Å². The van der Waals surface area contributed by atoms with E-state index in [1.54, 1.807) is 0 Å². The van der Waals surface area contributed by atoms with E-state index in [0.717, 1.165) is 19.0 Å². The highest BCUT2D eigenvalue weighted by molar-refractivity contribution is 5.47. The van der Waals surface area contributed by atoms with Crippen LogP contribution in [0.3, 0.4) is 0 Å². The number of nitrogens with zero attached hydrogens (tertiary/aromatic N) is 2. The van der Waals surface area contributed by atoms with Gasteiger partial charge in [-0.1, -0.05) is 33.3 Å². The summed E-state index contributed by atoms with van der Waals surface area (Å²) in [6, 6.07) is 4.75. The summed E-state index contributed by atoms with van der Waals surface area (Å²) in [6.07, 6.45) is 5.88. The summed E-state index contributed by atoms with van der Waals surface area (Å²) < 4.78 is 0. The standard InChI is InChI=1S/C16H27N3/c1-4-6-14-8-10-19(12-14)16-15(7-5-9-17-16)11-18-13(2)3/h5,7,9,13-14,18H,4,6,8,10-12H2,1-3H3. The molecule has 2 heterocycles. The summed E-state index contributed by atoms with van der Waals surface area (Å²) in [5, 5.41) is 3.50. The maximum atomic E-state index is 4.62. The molecule has 1 fully saturated rings. The first-order valence-electron chi connectivity index (χ1n) is 7.63. The van der Waals surface area contributed by atoms with E-state index in [-0.39, 0.29) is 0 Å². The Bertz CT molecular complexity index is 389. The van der Waals surface area contributed by atoms with Crippen molar-refractivity contribution < 1.29 is 0 Å². The lowest BCUT2D eigenvalue weighted by Crippen LogP contribution is -2.26. The van der Waals surface area contributed by atoms with Crippen molar-refractivity contribution in [2.24, 2.45) is 5.92 Å². The van der Waals surface area contributed by atoms with Crippen LogP contribution in [0.2, 0.25) is 0 Å². The van der Waals surface area contributed by atoms with E-state index < -0.39 is 0 Å². The molecule has 1 aromatic rings. The van der Waals surface area contributed by atoms with Crippen LogP contribution in [0.1, 0.15) is 45.6 Å². The number of nitrogens with one attached hydrogen (secondary N) is 1. The summed E-state index contributed by atoms with van der Waals surface area (Å²) in [5.41, 5.74) is 1.33. The van der Waals surface area contributed by atoms with Crippen LogP contribution in [0.15, 0.2) is 18.3 Å². The molecule has 1 aromatic heterocycles. The second kappa shape index (κ2) is 6.90. The van der Waals surface area contributed by atoms with Crippen LogP contribution in [-0.4, -0.2) is 24.1 Å². The Morgan fingerprint density at radius 1 is 1.47 bits per heavy atom. The molecule has 1 aliphatic rings. The maximum absolute atomic E-state index is 4.62. The second-order valence-corrected chi connectivity index (χ2v) is 5.91. The number of pyridine rings is 1. The summed E-state index contributed by atoms with van der Waals surface area (Å²) in [7, 11) is 0. The topological polar surface area (TPSA) is 28.2 Å². The molecule has 0 spiro atoms. The molecule has 0 aliphatic carbocycles. The van der Waals surface area contributed by atoms with Crippen LogP contribution >= 0.6 is 0 Å². The fourth-order valence-corrected chi connectivity index (χ4v) is 2.84. The number of hydrogen-bond acceptors (Lipinski definition) is 3. The molecular formula is C16H27N3. The molecule has 106 valence electrons. The molecule has 2 rings (SSSR count). The number of anilines is 1. The predicted molar refractivity (Wildman–Crippen MR) is 81.4 cm³/mol. The largest absolute Gasteiger partial charge is 0.356 e. The SMILES string of the molecule is CCCC1CCN(c2ncccc2CNC(C)C)C1. The molecule has 1 saturated heterocycles. The van der Waals surface area contributed by atoms with Gasteiger partial charge in [-0.3, -0.25) is 0 Å². The first-order chi connectivity index (χ1) is 9.20. The Kier molecular flexibility index (Phi) is 5.20. The van der Waals surface area contributed by atoms with Gasteiger partial charge in [0.05, 0.1) is 0 Å². The molecular weight excluding hydrogens is 234 g/mol. The summed E-state index contributed by atoms with van der Waals surface area (Å²) in [4.78, 5) is 7.09. The Balaban J connectivity index is 2.03. The van der Waals surface area contributed by atoms with E-state index in [0.29, 0.717) is 6.04 Å². The zero-order valence-electron chi connectivity index (χ0n) is 12.5. The molecule has 0 amide bonds. The third-order valence-electron chi connectivity index (χ3n) is 3.85.